The van der Waals surface area contributed by atoms with E-state index in [9.17, 15) is 9.59 Å². The molecular weight excluding hydrogens is 202 g/mol. The van der Waals surface area contributed by atoms with Gasteiger partial charge in [-0.1, -0.05) is 33.4 Å². The average molecular weight is 225 g/mol. The molecule has 0 aromatic heterocycles. The molecule has 2 bridgehead atoms. The van der Waals surface area contributed by atoms with Crippen molar-refractivity contribution >= 4 is 11.8 Å². The predicted octanol–water partition coefficient (Wildman–Crippen LogP) is 2.09. The summed E-state index contributed by atoms with van der Waals surface area (Å²) in [7, 11) is 2.85. The van der Waals surface area contributed by atoms with E-state index in [1.807, 2.05) is 13.8 Å². The minimum absolute atomic E-state index is 0.0208. The smallest absolute Gasteiger partial charge is 0.233 e. The van der Waals surface area contributed by atoms with Gasteiger partial charge in [0, 0.05) is 8.42 Å². The van der Waals surface area contributed by atoms with Crippen LogP contribution in [0.3, 0.4) is 0 Å². The van der Waals surface area contributed by atoms with Crippen molar-refractivity contribution in [2.75, 3.05) is 7.05 Å². The van der Waals surface area contributed by atoms with E-state index in [1.165, 1.54) is 12.3 Å². The van der Waals surface area contributed by atoms with E-state index >= 15 is 0 Å². The van der Waals surface area contributed by atoms with Crippen molar-refractivity contribution < 1.29 is 11.0 Å². The summed E-state index contributed by atoms with van der Waals surface area (Å²) >= 11 is 0. The third kappa shape index (κ3) is 1.41. The van der Waals surface area contributed by atoms with Crippen LogP contribution >= 0.6 is 0 Å². The topological polar surface area (TPSA) is 37.4 Å². The Hall–Kier alpha value is -1.12. The molecule has 2 fully saturated rings. The molecule has 0 aromatic rings. The van der Waals surface area contributed by atoms with Gasteiger partial charge in [0.05, 0.1) is 11.8 Å². The normalized spacial score (nSPS) is 38.5. The Morgan fingerprint density at radius 3 is 1.94 bits per heavy atom. The highest BCUT2D eigenvalue weighted by Crippen LogP contribution is 2.52. The molecule has 3 heteroatoms. The largest absolute Gasteiger partial charge is 0.285 e. The number of rotatable bonds is 0. The molecule has 3 rings (SSSR count). The van der Waals surface area contributed by atoms with Crippen molar-refractivity contribution in [2.24, 2.45) is 23.7 Å². The zero-order valence-electron chi connectivity index (χ0n) is 11.4. The van der Waals surface area contributed by atoms with Gasteiger partial charge in [-0.25, -0.2) is 0 Å². The lowest BCUT2D eigenvalue weighted by atomic mass is 9.85. The number of carbonyl (C=O) groups is 2. The number of imide groups is 1. The first-order valence-electron chi connectivity index (χ1n) is 6.70. The number of amides is 2. The molecule has 16 heavy (non-hydrogen) atoms. The molecule has 1 saturated heterocycles. The molecule has 2 amide bonds. The van der Waals surface area contributed by atoms with Gasteiger partial charge in [-0.05, 0) is 18.3 Å². The third-order valence-corrected chi connectivity index (χ3v) is 3.69. The van der Waals surface area contributed by atoms with Crippen LogP contribution in [0.1, 0.15) is 29.0 Å². The molecule has 0 N–H and O–H groups in total. The van der Waals surface area contributed by atoms with E-state index in [1.54, 1.807) is 7.05 Å². The second kappa shape index (κ2) is 4.40. The summed E-state index contributed by atoms with van der Waals surface area (Å²) in [4.78, 5) is 24.6. The summed E-state index contributed by atoms with van der Waals surface area (Å²) in [6, 6.07) is 0. The minimum Gasteiger partial charge on any atom is -0.285 e. The van der Waals surface area contributed by atoms with E-state index in [2.05, 4.69) is 12.2 Å². The maximum atomic E-state index is 11.7. The van der Waals surface area contributed by atoms with Crippen molar-refractivity contribution in [3.8, 4) is 0 Å². The number of hydrogen-bond donors (Lipinski definition) is 0. The van der Waals surface area contributed by atoms with Crippen LogP contribution in [0.4, 0.5) is 0 Å². The first kappa shape index (κ1) is 11.4. The van der Waals surface area contributed by atoms with E-state index in [0.717, 1.165) is 6.42 Å². The second-order valence-corrected chi connectivity index (χ2v) is 4.24. The second-order valence-electron chi connectivity index (χ2n) is 4.24. The summed E-state index contributed by atoms with van der Waals surface area (Å²) in [5.41, 5.74) is 0. The van der Waals surface area contributed by atoms with Crippen molar-refractivity contribution in [1.82, 2.24) is 4.90 Å². The molecule has 0 aromatic carbocycles. The zero-order valence-corrected chi connectivity index (χ0v) is 10.4. The van der Waals surface area contributed by atoms with E-state index in [4.69, 9.17) is 1.37 Å². The van der Waals surface area contributed by atoms with E-state index in [-0.39, 0.29) is 23.7 Å². The van der Waals surface area contributed by atoms with Gasteiger partial charge in [0.1, 0.15) is 0 Å². The lowest BCUT2D eigenvalue weighted by Gasteiger charge is -2.14. The molecule has 4 unspecified atom stereocenters. The Labute approximate surface area is 98.9 Å². The Morgan fingerprint density at radius 2 is 1.56 bits per heavy atom. The minimum atomic E-state index is -0.0208. The van der Waals surface area contributed by atoms with Gasteiger partial charge in [-0.15, -0.1) is 0 Å². The quantitative estimate of drug-likeness (QED) is 0.467. The van der Waals surface area contributed by atoms with Gasteiger partial charge in [0.25, 0.3) is 0 Å². The van der Waals surface area contributed by atoms with Crippen LogP contribution in [0.25, 0.3) is 0 Å². The molecule has 3 aliphatic rings. The van der Waals surface area contributed by atoms with Crippen molar-refractivity contribution in [2.45, 2.75) is 27.7 Å². The standard InChI is InChI=1S/C10H11NO2.C2H6.CH4/c1-11-9(12)7-5-2-3-6(4-5)8(7)10(11)13;1-2;/h2-3,5-8H,4H2,1H3;1-2H3;1H4/i;;1T. The van der Waals surface area contributed by atoms with Crippen molar-refractivity contribution in [1.29, 1.82) is 0 Å². The van der Waals surface area contributed by atoms with Gasteiger partial charge in [-0.2, -0.15) is 0 Å². The third-order valence-electron chi connectivity index (χ3n) is 3.69. The first-order chi connectivity index (χ1) is 8.20. The molecule has 0 radical (unpaired) electrons. The van der Waals surface area contributed by atoms with Gasteiger partial charge >= 0.3 is 0 Å². The van der Waals surface area contributed by atoms with Crippen LogP contribution in [0.15, 0.2) is 12.2 Å². The van der Waals surface area contributed by atoms with E-state index < -0.39 is 0 Å². The van der Waals surface area contributed by atoms with Crippen molar-refractivity contribution in [3.63, 3.8) is 0 Å². The van der Waals surface area contributed by atoms with Gasteiger partial charge in [-0.3, -0.25) is 14.5 Å². The van der Waals surface area contributed by atoms with Gasteiger partial charge in [0.2, 0.25) is 11.8 Å². The molecule has 2 aliphatic carbocycles. The number of likely N-dealkylation sites (tertiary alicyclic amines) is 1. The van der Waals surface area contributed by atoms with Gasteiger partial charge in [0.15, 0.2) is 0 Å². The maximum absolute atomic E-state index is 11.7. The first-order valence-corrected chi connectivity index (χ1v) is 5.70. The van der Waals surface area contributed by atoms with Crippen LogP contribution in [0.2, 0.25) is 0 Å². The predicted molar refractivity (Wildman–Crippen MR) is 63.6 cm³/mol. The highest BCUT2D eigenvalue weighted by molar-refractivity contribution is 6.06. The number of hydrogen-bond acceptors (Lipinski definition) is 2. The molecule has 90 valence electrons. The van der Waals surface area contributed by atoms with E-state index in [0.29, 0.717) is 11.8 Å². The summed E-state index contributed by atoms with van der Waals surface area (Å²) in [5, 5.41) is 0. The summed E-state index contributed by atoms with van der Waals surface area (Å²) in [6.07, 6.45) is 5.23. The van der Waals surface area contributed by atoms with Crippen LogP contribution in [0.5, 0.6) is 0 Å². The molecule has 3 nitrogen and oxygen atoms in total. The fourth-order valence-electron chi connectivity index (χ4n) is 3.05. The van der Waals surface area contributed by atoms with Crippen LogP contribution in [0, 0.1) is 23.7 Å². The fraction of sp³-hybridized carbons (Fsp3) is 0.692. The fourth-order valence-corrected chi connectivity index (χ4v) is 3.05. The molecule has 1 aliphatic heterocycles. The zero-order chi connectivity index (χ0) is 13.2. The highest BCUT2D eigenvalue weighted by Gasteiger charge is 2.58. The lowest BCUT2D eigenvalue weighted by Crippen LogP contribution is -2.28. The molecule has 0 spiro atoms. The van der Waals surface area contributed by atoms with Crippen molar-refractivity contribution in [3.05, 3.63) is 12.2 Å². The summed E-state index contributed by atoms with van der Waals surface area (Å²) in [6.45, 7) is 4.00. The molecule has 1 heterocycles. The Morgan fingerprint density at radius 1 is 1.19 bits per heavy atom. The Bertz CT molecular complexity index is 310. The Balaban J connectivity index is 0.000000330. The lowest BCUT2D eigenvalue weighted by molar-refractivity contribution is -0.138. The number of carbonyl (C=O) groups excluding carboxylic acids is 2. The number of allylic oxidation sites excluding steroid dienone is 2. The molecule has 4 atom stereocenters. The number of nitrogens with zero attached hydrogens (tertiary/aromatic N) is 1. The summed E-state index contributed by atoms with van der Waals surface area (Å²) in [5.74, 6) is 0.714. The maximum Gasteiger partial charge on any atom is 0.233 e. The number of fused-ring (bicyclic) bond motifs is 5. The van der Waals surface area contributed by atoms with Gasteiger partial charge < -0.3 is 0 Å². The highest BCUT2D eigenvalue weighted by atomic mass is 16.2. The van der Waals surface area contributed by atoms with Crippen LogP contribution < -0.4 is 0 Å². The Kier molecular flexibility index (Phi) is 3.13. The molecule has 1 saturated carbocycles. The van der Waals surface area contributed by atoms with Crippen LogP contribution in [-0.2, 0) is 9.59 Å². The SMILES string of the molecule is CC.CN1C(=O)C2C3C=CC(C3)C2C1=O.[3H]C. The average Bonchev–Trinajstić information content (AvgIpc) is 3.05. The summed E-state index contributed by atoms with van der Waals surface area (Å²) < 4.78 is 5.75. The monoisotopic (exact) mass is 225 g/mol. The molecular formula is C13H21NO2. The van der Waals surface area contributed by atoms with Crippen LogP contribution in [-0.4, -0.2) is 23.8 Å².